The molecule has 0 amide bonds. The smallest absolute Gasteiger partial charge is 0.201 e. The van der Waals surface area contributed by atoms with Gasteiger partial charge < -0.3 is 10.3 Å². The van der Waals surface area contributed by atoms with E-state index < -0.39 is 11.6 Å². The van der Waals surface area contributed by atoms with Gasteiger partial charge in [-0.3, -0.25) is 0 Å². The van der Waals surface area contributed by atoms with Gasteiger partial charge in [-0.25, -0.2) is 13.8 Å². The van der Waals surface area contributed by atoms with Crippen LogP contribution in [0.1, 0.15) is 5.56 Å². The van der Waals surface area contributed by atoms with Gasteiger partial charge in [-0.05, 0) is 17.7 Å². The minimum Gasteiger partial charge on any atom is -0.369 e. The molecule has 0 saturated carbocycles. The summed E-state index contributed by atoms with van der Waals surface area (Å²) in [6.07, 6.45) is 0. The van der Waals surface area contributed by atoms with Crippen LogP contribution in [0.25, 0.3) is 11.0 Å². The molecule has 0 unspecified atom stereocenters. The third-order valence-corrected chi connectivity index (χ3v) is 3.31. The van der Waals surface area contributed by atoms with Crippen LogP contribution in [0.5, 0.6) is 0 Å². The Bertz CT molecular complexity index is 781. The summed E-state index contributed by atoms with van der Waals surface area (Å²) >= 11 is 5.82. The summed E-state index contributed by atoms with van der Waals surface area (Å²) in [6.45, 7) is 0.363. The van der Waals surface area contributed by atoms with Gasteiger partial charge in [0.25, 0.3) is 0 Å². The molecule has 1 heterocycles. The second-order valence-corrected chi connectivity index (χ2v) is 4.87. The Hall–Kier alpha value is -2.14. The van der Waals surface area contributed by atoms with Gasteiger partial charge in [0, 0.05) is 17.2 Å². The predicted octanol–water partition coefficient (Wildman–Crippen LogP) is 3.60. The van der Waals surface area contributed by atoms with Crippen LogP contribution in [0.2, 0.25) is 5.02 Å². The standard InChI is InChI=1S/C14H10ClF2N3/c15-9-3-1-8(2-4-9)7-20-12-6-10(16)5-11(17)13(12)19-14(20)18/h1-6H,7H2,(H2,18,19). The van der Waals surface area contributed by atoms with Gasteiger partial charge in [0.1, 0.15) is 11.3 Å². The fraction of sp³-hybridized carbons (Fsp3) is 0.0714. The number of hydrogen-bond donors (Lipinski definition) is 1. The Morgan fingerprint density at radius 3 is 2.55 bits per heavy atom. The summed E-state index contributed by atoms with van der Waals surface area (Å²) < 4.78 is 28.5. The summed E-state index contributed by atoms with van der Waals surface area (Å²) in [5, 5.41) is 0.620. The normalized spacial score (nSPS) is 11.2. The maximum Gasteiger partial charge on any atom is 0.201 e. The molecule has 102 valence electrons. The van der Waals surface area contributed by atoms with Gasteiger partial charge in [-0.2, -0.15) is 0 Å². The first-order valence-corrected chi connectivity index (χ1v) is 6.27. The van der Waals surface area contributed by atoms with Gasteiger partial charge in [0.2, 0.25) is 5.95 Å². The SMILES string of the molecule is Nc1nc2c(F)cc(F)cc2n1Cc1ccc(Cl)cc1. The number of fused-ring (bicyclic) bond motifs is 1. The van der Waals surface area contributed by atoms with E-state index in [1.54, 1.807) is 16.7 Å². The van der Waals surface area contributed by atoms with E-state index in [-0.39, 0.29) is 11.5 Å². The molecule has 3 rings (SSSR count). The second kappa shape index (κ2) is 4.76. The quantitative estimate of drug-likeness (QED) is 0.784. The maximum absolute atomic E-state index is 13.6. The number of imidazole rings is 1. The van der Waals surface area contributed by atoms with Crippen molar-refractivity contribution in [3.05, 3.63) is 58.6 Å². The molecule has 3 aromatic rings. The van der Waals surface area contributed by atoms with Crippen molar-refractivity contribution in [2.45, 2.75) is 6.54 Å². The van der Waals surface area contributed by atoms with Crippen molar-refractivity contribution in [2.75, 3.05) is 5.73 Å². The van der Waals surface area contributed by atoms with E-state index in [4.69, 9.17) is 17.3 Å². The molecule has 0 saturated heterocycles. The number of benzene rings is 2. The summed E-state index contributed by atoms with van der Waals surface area (Å²) in [5.41, 5.74) is 7.09. The first-order chi connectivity index (χ1) is 9.54. The molecule has 0 radical (unpaired) electrons. The average molecular weight is 294 g/mol. The summed E-state index contributed by atoms with van der Waals surface area (Å²) in [7, 11) is 0. The highest BCUT2D eigenvalue weighted by molar-refractivity contribution is 6.30. The third-order valence-electron chi connectivity index (χ3n) is 3.06. The molecule has 0 aliphatic heterocycles. The minimum atomic E-state index is -0.721. The summed E-state index contributed by atoms with van der Waals surface area (Å²) in [5.74, 6) is -1.24. The number of halogens is 3. The molecule has 1 aromatic heterocycles. The van der Waals surface area contributed by atoms with Gasteiger partial charge in [0.05, 0.1) is 12.1 Å². The second-order valence-electron chi connectivity index (χ2n) is 4.44. The number of rotatable bonds is 2. The van der Waals surface area contributed by atoms with Crippen LogP contribution in [0.4, 0.5) is 14.7 Å². The maximum atomic E-state index is 13.6. The summed E-state index contributed by atoms with van der Waals surface area (Å²) in [6, 6.07) is 9.15. The van der Waals surface area contributed by atoms with E-state index in [0.29, 0.717) is 17.1 Å². The number of nitrogens with zero attached hydrogens (tertiary/aromatic N) is 2. The fourth-order valence-corrected chi connectivity index (χ4v) is 2.23. The van der Waals surface area contributed by atoms with E-state index >= 15 is 0 Å². The Morgan fingerprint density at radius 1 is 1.15 bits per heavy atom. The monoisotopic (exact) mass is 293 g/mol. The van der Waals surface area contributed by atoms with Gasteiger partial charge in [0.15, 0.2) is 5.82 Å². The third kappa shape index (κ3) is 2.20. The Kier molecular flexibility index (Phi) is 3.06. The molecule has 6 heteroatoms. The molecule has 2 N–H and O–H groups in total. The lowest BCUT2D eigenvalue weighted by Crippen LogP contribution is -2.04. The number of anilines is 1. The molecule has 0 spiro atoms. The average Bonchev–Trinajstić information content (AvgIpc) is 2.70. The van der Waals surface area contributed by atoms with Gasteiger partial charge >= 0.3 is 0 Å². The lowest BCUT2D eigenvalue weighted by atomic mass is 10.2. The Balaban J connectivity index is 2.11. The molecule has 0 aliphatic carbocycles. The fourth-order valence-electron chi connectivity index (χ4n) is 2.11. The molecule has 0 atom stereocenters. The van der Waals surface area contributed by atoms with Crippen molar-refractivity contribution in [1.82, 2.24) is 9.55 Å². The van der Waals surface area contributed by atoms with Crippen LogP contribution in [0.15, 0.2) is 36.4 Å². The van der Waals surface area contributed by atoms with Crippen LogP contribution in [-0.4, -0.2) is 9.55 Å². The lowest BCUT2D eigenvalue weighted by molar-refractivity contribution is 0.590. The van der Waals surface area contributed by atoms with Crippen LogP contribution >= 0.6 is 11.6 Å². The van der Waals surface area contributed by atoms with Crippen LogP contribution in [-0.2, 0) is 6.54 Å². The first-order valence-electron chi connectivity index (χ1n) is 5.90. The number of aromatic nitrogens is 2. The molecule has 20 heavy (non-hydrogen) atoms. The highest BCUT2D eigenvalue weighted by Crippen LogP contribution is 2.23. The number of nitrogens with two attached hydrogens (primary N) is 1. The van der Waals surface area contributed by atoms with Crippen molar-refractivity contribution >= 4 is 28.6 Å². The van der Waals surface area contributed by atoms with E-state index in [2.05, 4.69) is 4.98 Å². The minimum absolute atomic E-state index is 0.0675. The van der Waals surface area contributed by atoms with E-state index in [1.165, 1.54) is 6.07 Å². The molecule has 3 nitrogen and oxygen atoms in total. The molecule has 0 bridgehead atoms. The molecule has 0 fully saturated rings. The van der Waals surface area contributed by atoms with Crippen molar-refractivity contribution in [3.8, 4) is 0 Å². The molecule has 0 aliphatic rings. The topological polar surface area (TPSA) is 43.8 Å². The van der Waals surface area contributed by atoms with Crippen LogP contribution in [0, 0.1) is 11.6 Å². The van der Waals surface area contributed by atoms with Crippen molar-refractivity contribution in [2.24, 2.45) is 0 Å². The largest absolute Gasteiger partial charge is 0.369 e. The highest BCUT2D eigenvalue weighted by atomic mass is 35.5. The van der Waals surface area contributed by atoms with Crippen molar-refractivity contribution in [1.29, 1.82) is 0 Å². The highest BCUT2D eigenvalue weighted by Gasteiger charge is 2.14. The van der Waals surface area contributed by atoms with E-state index in [1.807, 2.05) is 12.1 Å². The summed E-state index contributed by atoms with van der Waals surface area (Å²) in [4.78, 5) is 3.94. The van der Waals surface area contributed by atoms with Gasteiger partial charge in [-0.15, -0.1) is 0 Å². The lowest BCUT2D eigenvalue weighted by Gasteiger charge is -2.07. The zero-order valence-electron chi connectivity index (χ0n) is 10.3. The van der Waals surface area contributed by atoms with Gasteiger partial charge in [-0.1, -0.05) is 23.7 Å². The first kappa shape index (κ1) is 12.9. The zero-order valence-corrected chi connectivity index (χ0v) is 11.0. The molecular formula is C14H10ClF2N3. The van der Waals surface area contributed by atoms with E-state index in [9.17, 15) is 8.78 Å². The molecular weight excluding hydrogens is 284 g/mol. The van der Waals surface area contributed by atoms with Crippen LogP contribution < -0.4 is 5.73 Å². The molecule has 2 aromatic carbocycles. The predicted molar refractivity (Wildman–Crippen MR) is 74.6 cm³/mol. The zero-order chi connectivity index (χ0) is 14.3. The van der Waals surface area contributed by atoms with Crippen LogP contribution in [0.3, 0.4) is 0 Å². The van der Waals surface area contributed by atoms with E-state index in [0.717, 1.165) is 11.6 Å². The number of hydrogen-bond acceptors (Lipinski definition) is 2. The Labute approximate surface area is 118 Å². The van der Waals surface area contributed by atoms with Crippen molar-refractivity contribution in [3.63, 3.8) is 0 Å². The Morgan fingerprint density at radius 2 is 1.85 bits per heavy atom. The van der Waals surface area contributed by atoms with Crippen molar-refractivity contribution < 1.29 is 8.78 Å². The number of nitrogen functional groups attached to an aromatic ring is 1.